The number of carbonyl (C=O) groups is 1. The van der Waals surface area contributed by atoms with Gasteiger partial charge in [0, 0.05) is 5.56 Å². The maximum Gasteiger partial charge on any atom is 0.335 e. The molecule has 0 aliphatic heterocycles. The van der Waals surface area contributed by atoms with Crippen molar-refractivity contribution in [3.63, 3.8) is 0 Å². The standard InChI is InChI=1S/C15H14N2O3S.C3H8/c1-9(2)8-20-15-12(7-16)17-13(21-15)10-3-5-11(6-4-10)14(18)19;1-3-2/h3-6,9H,8H2,1-2H3,(H,18,19);3H2,1-2H3. The second kappa shape index (κ2) is 9.68. The third-order valence-electron chi connectivity index (χ3n) is 2.63. The lowest BCUT2D eigenvalue weighted by atomic mass is 10.1. The van der Waals surface area contributed by atoms with E-state index in [0.29, 0.717) is 22.6 Å². The summed E-state index contributed by atoms with van der Waals surface area (Å²) in [6, 6.07) is 8.40. The van der Waals surface area contributed by atoms with E-state index in [4.69, 9.17) is 15.1 Å². The predicted octanol–water partition coefficient (Wildman–Crippen LogP) is 4.83. The summed E-state index contributed by atoms with van der Waals surface area (Å²) in [5.74, 6) is -0.615. The maximum absolute atomic E-state index is 10.8. The maximum atomic E-state index is 10.8. The summed E-state index contributed by atoms with van der Waals surface area (Å²) >= 11 is 1.29. The molecular weight excluding hydrogens is 324 g/mol. The second-order valence-corrected chi connectivity index (χ2v) is 6.52. The topological polar surface area (TPSA) is 83.2 Å². The van der Waals surface area contributed by atoms with Crippen molar-refractivity contribution in [2.75, 3.05) is 6.61 Å². The minimum Gasteiger partial charge on any atom is -0.481 e. The molecule has 0 amide bonds. The average molecular weight is 346 g/mol. The highest BCUT2D eigenvalue weighted by molar-refractivity contribution is 7.17. The number of carboxylic acids is 1. The van der Waals surface area contributed by atoms with Crippen LogP contribution in [0.3, 0.4) is 0 Å². The number of rotatable bonds is 5. The highest BCUT2D eigenvalue weighted by Crippen LogP contribution is 2.34. The Morgan fingerprint density at radius 1 is 1.33 bits per heavy atom. The molecule has 0 aliphatic carbocycles. The first kappa shape index (κ1) is 19.7. The number of carboxylic acid groups (broad SMARTS) is 1. The van der Waals surface area contributed by atoms with E-state index in [1.54, 1.807) is 12.1 Å². The van der Waals surface area contributed by atoms with Crippen LogP contribution in [0, 0.1) is 17.2 Å². The molecule has 1 aromatic carbocycles. The Hall–Kier alpha value is -2.39. The van der Waals surface area contributed by atoms with Gasteiger partial charge in [0.1, 0.15) is 11.1 Å². The van der Waals surface area contributed by atoms with Gasteiger partial charge in [-0.2, -0.15) is 5.26 Å². The third kappa shape index (κ3) is 5.67. The molecule has 0 saturated heterocycles. The molecule has 128 valence electrons. The Kier molecular flexibility index (Phi) is 7.93. The van der Waals surface area contributed by atoms with Gasteiger partial charge in [-0.3, -0.25) is 0 Å². The summed E-state index contributed by atoms with van der Waals surface area (Å²) in [5, 5.41) is 19.1. The molecular formula is C18H22N2O3S. The second-order valence-electron chi connectivity index (χ2n) is 5.56. The lowest BCUT2D eigenvalue weighted by molar-refractivity contribution is 0.0697. The fraction of sp³-hybridized carbons (Fsp3) is 0.389. The summed E-state index contributed by atoms with van der Waals surface area (Å²) < 4.78 is 5.59. The van der Waals surface area contributed by atoms with Crippen LogP contribution in [-0.4, -0.2) is 22.7 Å². The molecule has 2 rings (SSSR count). The fourth-order valence-corrected chi connectivity index (χ4v) is 2.48. The van der Waals surface area contributed by atoms with Crippen LogP contribution in [0.15, 0.2) is 24.3 Å². The Morgan fingerprint density at radius 2 is 1.92 bits per heavy atom. The van der Waals surface area contributed by atoms with E-state index >= 15 is 0 Å². The smallest absolute Gasteiger partial charge is 0.335 e. The summed E-state index contributed by atoms with van der Waals surface area (Å²) in [7, 11) is 0. The monoisotopic (exact) mass is 346 g/mol. The number of nitrogens with zero attached hydrogens (tertiary/aromatic N) is 2. The molecule has 0 atom stereocenters. The van der Waals surface area contributed by atoms with E-state index in [-0.39, 0.29) is 11.3 Å². The van der Waals surface area contributed by atoms with Crippen molar-refractivity contribution < 1.29 is 14.6 Å². The average Bonchev–Trinajstić information content (AvgIpc) is 2.97. The van der Waals surface area contributed by atoms with E-state index in [2.05, 4.69) is 18.8 Å². The van der Waals surface area contributed by atoms with Gasteiger partial charge in [0.05, 0.1) is 12.2 Å². The van der Waals surface area contributed by atoms with Crippen molar-refractivity contribution in [1.82, 2.24) is 4.98 Å². The summed E-state index contributed by atoms with van der Waals surface area (Å²) in [5.41, 5.74) is 1.24. The number of thiazole rings is 1. The van der Waals surface area contributed by atoms with Gasteiger partial charge in [-0.25, -0.2) is 9.78 Å². The molecule has 5 nitrogen and oxygen atoms in total. The Labute approximate surface area is 146 Å². The molecule has 0 unspecified atom stereocenters. The predicted molar refractivity (Wildman–Crippen MR) is 95.5 cm³/mol. The Balaban J connectivity index is 0.000000891. The van der Waals surface area contributed by atoms with Gasteiger partial charge in [-0.15, -0.1) is 0 Å². The molecule has 0 aliphatic rings. The molecule has 6 heteroatoms. The van der Waals surface area contributed by atoms with Crippen LogP contribution in [0.1, 0.15) is 50.2 Å². The molecule has 24 heavy (non-hydrogen) atoms. The third-order valence-corrected chi connectivity index (χ3v) is 3.65. The van der Waals surface area contributed by atoms with Crippen LogP contribution in [0.4, 0.5) is 0 Å². The van der Waals surface area contributed by atoms with Gasteiger partial charge in [0.25, 0.3) is 0 Å². The van der Waals surface area contributed by atoms with Gasteiger partial charge in [0.2, 0.25) is 5.06 Å². The number of aromatic carboxylic acids is 1. The molecule has 0 saturated carbocycles. The summed E-state index contributed by atoms with van der Waals surface area (Å²) in [4.78, 5) is 15.1. The lowest BCUT2D eigenvalue weighted by Gasteiger charge is -2.05. The highest BCUT2D eigenvalue weighted by atomic mass is 32.1. The lowest BCUT2D eigenvalue weighted by Crippen LogP contribution is -2.04. The van der Waals surface area contributed by atoms with E-state index in [1.165, 1.54) is 29.9 Å². The van der Waals surface area contributed by atoms with E-state index < -0.39 is 5.97 Å². The zero-order valence-electron chi connectivity index (χ0n) is 14.4. The van der Waals surface area contributed by atoms with Gasteiger partial charge in [0.15, 0.2) is 5.69 Å². The zero-order valence-corrected chi connectivity index (χ0v) is 15.2. The number of aromatic nitrogens is 1. The van der Waals surface area contributed by atoms with Crippen molar-refractivity contribution in [2.24, 2.45) is 5.92 Å². The normalized spacial score (nSPS) is 9.83. The Bertz CT molecular complexity index is 700. The van der Waals surface area contributed by atoms with Crippen molar-refractivity contribution >= 4 is 17.3 Å². The van der Waals surface area contributed by atoms with Gasteiger partial charge < -0.3 is 9.84 Å². The van der Waals surface area contributed by atoms with Crippen LogP contribution in [0.5, 0.6) is 5.06 Å². The molecule has 1 N–H and O–H groups in total. The first-order chi connectivity index (χ1) is 11.4. The molecule has 2 aromatic rings. The molecule has 1 heterocycles. The Morgan fingerprint density at radius 3 is 2.38 bits per heavy atom. The number of benzene rings is 1. The van der Waals surface area contributed by atoms with Gasteiger partial charge >= 0.3 is 5.97 Å². The van der Waals surface area contributed by atoms with Crippen LogP contribution < -0.4 is 4.74 Å². The van der Waals surface area contributed by atoms with Crippen molar-refractivity contribution in [3.8, 4) is 21.7 Å². The molecule has 0 spiro atoms. The number of ether oxygens (including phenoxy) is 1. The van der Waals surface area contributed by atoms with E-state index in [9.17, 15) is 4.79 Å². The summed E-state index contributed by atoms with van der Waals surface area (Å²) in [6.45, 7) is 8.82. The number of hydrogen-bond acceptors (Lipinski definition) is 5. The minimum atomic E-state index is -0.973. The fourth-order valence-electron chi connectivity index (χ4n) is 1.60. The first-order valence-corrected chi connectivity index (χ1v) is 8.61. The van der Waals surface area contributed by atoms with Crippen molar-refractivity contribution in [3.05, 3.63) is 35.5 Å². The van der Waals surface area contributed by atoms with E-state index in [1.807, 2.05) is 19.9 Å². The van der Waals surface area contributed by atoms with Gasteiger partial charge in [-0.05, 0) is 18.1 Å². The number of nitriles is 1. The number of hydrogen-bond donors (Lipinski definition) is 1. The largest absolute Gasteiger partial charge is 0.481 e. The highest BCUT2D eigenvalue weighted by Gasteiger charge is 2.14. The van der Waals surface area contributed by atoms with E-state index in [0.717, 1.165) is 5.56 Å². The molecule has 0 radical (unpaired) electrons. The first-order valence-electron chi connectivity index (χ1n) is 7.80. The van der Waals surface area contributed by atoms with Crippen LogP contribution >= 0.6 is 11.3 Å². The minimum absolute atomic E-state index is 0.215. The van der Waals surface area contributed by atoms with Crippen LogP contribution in [0.2, 0.25) is 0 Å². The van der Waals surface area contributed by atoms with Crippen molar-refractivity contribution in [2.45, 2.75) is 34.1 Å². The molecule has 0 bridgehead atoms. The van der Waals surface area contributed by atoms with Crippen LogP contribution in [0.25, 0.3) is 10.6 Å². The quantitative estimate of drug-likeness (QED) is 0.838. The van der Waals surface area contributed by atoms with Gasteiger partial charge in [-0.1, -0.05) is 57.6 Å². The molecule has 0 fully saturated rings. The van der Waals surface area contributed by atoms with Crippen molar-refractivity contribution in [1.29, 1.82) is 5.26 Å². The van der Waals surface area contributed by atoms with Crippen LogP contribution in [-0.2, 0) is 0 Å². The zero-order chi connectivity index (χ0) is 18.1. The SMILES string of the molecule is CC(C)COc1sc(-c2ccc(C(=O)O)cc2)nc1C#N.CCC. The summed E-state index contributed by atoms with van der Waals surface area (Å²) in [6.07, 6.45) is 1.25. The molecule has 1 aromatic heterocycles.